The van der Waals surface area contributed by atoms with E-state index in [9.17, 15) is 9.59 Å². The molecular formula is C12H15NO4S. The van der Waals surface area contributed by atoms with E-state index in [2.05, 4.69) is 0 Å². The Morgan fingerprint density at radius 2 is 2.22 bits per heavy atom. The zero-order chi connectivity index (χ0) is 13.3. The van der Waals surface area contributed by atoms with Gasteiger partial charge in [0.2, 0.25) is 0 Å². The summed E-state index contributed by atoms with van der Waals surface area (Å²) in [6.45, 7) is 2.25. The minimum absolute atomic E-state index is 0.198. The second-order valence-corrected chi connectivity index (χ2v) is 5.60. The number of nitrogens with zero attached hydrogens (tertiary/aromatic N) is 1. The predicted molar refractivity (Wildman–Crippen MR) is 66.9 cm³/mol. The molecule has 1 aromatic rings. The highest BCUT2D eigenvalue weighted by molar-refractivity contribution is 7.13. The molecule has 1 aliphatic rings. The van der Waals surface area contributed by atoms with E-state index in [1.165, 1.54) is 23.3 Å². The highest BCUT2D eigenvalue weighted by Gasteiger charge is 2.40. The van der Waals surface area contributed by atoms with Crippen LogP contribution in [0.2, 0.25) is 0 Å². The molecular weight excluding hydrogens is 254 g/mol. The smallest absolute Gasteiger partial charge is 0.326 e. The van der Waals surface area contributed by atoms with Crippen molar-refractivity contribution in [2.24, 2.45) is 0 Å². The fourth-order valence-corrected chi connectivity index (χ4v) is 2.94. The highest BCUT2D eigenvalue weighted by Crippen LogP contribution is 2.25. The van der Waals surface area contributed by atoms with E-state index >= 15 is 0 Å². The minimum Gasteiger partial charge on any atom is -0.480 e. The van der Waals surface area contributed by atoms with Crippen molar-refractivity contribution in [2.75, 3.05) is 13.7 Å². The van der Waals surface area contributed by atoms with E-state index in [0.29, 0.717) is 17.8 Å². The molecule has 1 fully saturated rings. The molecule has 2 unspecified atom stereocenters. The zero-order valence-electron chi connectivity index (χ0n) is 10.3. The molecule has 0 aromatic carbocycles. The van der Waals surface area contributed by atoms with Crippen molar-refractivity contribution < 1.29 is 19.4 Å². The number of carboxylic acid groups (broad SMARTS) is 1. The van der Waals surface area contributed by atoms with Crippen molar-refractivity contribution in [3.63, 3.8) is 0 Å². The number of likely N-dealkylation sites (tertiary alicyclic amines) is 1. The monoisotopic (exact) mass is 269 g/mol. The van der Waals surface area contributed by atoms with Gasteiger partial charge in [0.25, 0.3) is 5.91 Å². The lowest BCUT2D eigenvalue weighted by Crippen LogP contribution is -2.40. The molecule has 1 amide bonds. The molecule has 1 aliphatic heterocycles. The number of thiophene rings is 1. The van der Waals surface area contributed by atoms with E-state index in [4.69, 9.17) is 9.84 Å². The van der Waals surface area contributed by atoms with Crippen molar-refractivity contribution in [2.45, 2.75) is 25.5 Å². The van der Waals surface area contributed by atoms with Gasteiger partial charge in [-0.15, -0.1) is 11.3 Å². The third-order valence-corrected chi connectivity index (χ3v) is 4.08. The van der Waals surface area contributed by atoms with Crippen LogP contribution in [0.4, 0.5) is 0 Å². The van der Waals surface area contributed by atoms with Crippen LogP contribution >= 0.6 is 11.3 Å². The average Bonchev–Trinajstić information content (AvgIpc) is 2.93. The molecule has 0 bridgehead atoms. The first-order chi connectivity index (χ1) is 8.52. The number of amides is 1. The largest absolute Gasteiger partial charge is 0.480 e. The first-order valence-electron chi connectivity index (χ1n) is 5.66. The summed E-state index contributed by atoms with van der Waals surface area (Å²) in [5, 5.41) is 9.15. The molecule has 1 saturated heterocycles. The normalized spacial score (nSPS) is 23.3. The van der Waals surface area contributed by atoms with E-state index in [-0.39, 0.29) is 12.0 Å². The van der Waals surface area contributed by atoms with Gasteiger partial charge in [0.15, 0.2) is 0 Å². The number of rotatable bonds is 3. The molecule has 0 saturated carbocycles. The number of aryl methyl sites for hydroxylation is 1. The maximum atomic E-state index is 12.3. The molecule has 5 nitrogen and oxygen atoms in total. The summed E-state index contributed by atoms with van der Waals surface area (Å²) in [5.74, 6) is -1.20. The molecule has 1 aromatic heterocycles. The van der Waals surface area contributed by atoms with Crippen LogP contribution in [0.15, 0.2) is 12.1 Å². The van der Waals surface area contributed by atoms with Gasteiger partial charge in [-0.3, -0.25) is 4.79 Å². The molecule has 6 heteroatoms. The van der Waals surface area contributed by atoms with Crippen molar-refractivity contribution in [1.82, 2.24) is 4.90 Å². The number of hydrogen-bond donors (Lipinski definition) is 1. The summed E-state index contributed by atoms with van der Waals surface area (Å²) in [5.41, 5.74) is 0. The Hall–Kier alpha value is -1.40. The molecule has 2 rings (SSSR count). The van der Waals surface area contributed by atoms with Crippen LogP contribution in [0.3, 0.4) is 0 Å². The summed E-state index contributed by atoms with van der Waals surface area (Å²) in [6.07, 6.45) is 0.151. The molecule has 0 spiro atoms. The molecule has 0 aliphatic carbocycles. The molecule has 0 radical (unpaired) electrons. The summed E-state index contributed by atoms with van der Waals surface area (Å²) >= 11 is 1.38. The first-order valence-corrected chi connectivity index (χ1v) is 6.47. The summed E-state index contributed by atoms with van der Waals surface area (Å²) in [6, 6.07) is 2.81. The highest BCUT2D eigenvalue weighted by atomic mass is 32.1. The Morgan fingerprint density at radius 3 is 2.72 bits per heavy atom. The first kappa shape index (κ1) is 13.0. The fourth-order valence-electron chi connectivity index (χ4n) is 2.12. The quantitative estimate of drug-likeness (QED) is 0.900. The maximum absolute atomic E-state index is 12.3. The Balaban J connectivity index is 2.20. The third kappa shape index (κ3) is 2.39. The molecule has 18 heavy (non-hydrogen) atoms. The van der Waals surface area contributed by atoms with Gasteiger partial charge in [0.05, 0.1) is 11.0 Å². The van der Waals surface area contributed by atoms with Crippen LogP contribution in [0.25, 0.3) is 0 Å². The van der Waals surface area contributed by atoms with Crippen molar-refractivity contribution >= 4 is 23.2 Å². The van der Waals surface area contributed by atoms with Gasteiger partial charge in [-0.05, 0) is 19.1 Å². The Morgan fingerprint density at radius 1 is 1.50 bits per heavy atom. The number of methoxy groups -OCH3 is 1. The summed E-state index contributed by atoms with van der Waals surface area (Å²) in [4.78, 5) is 26.4. The molecule has 2 heterocycles. The number of aliphatic carboxylic acids is 1. The van der Waals surface area contributed by atoms with E-state index in [1.54, 1.807) is 6.07 Å². The van der Waals surface area contributed by atoms with Gasteiger partial charge in [0.1, 0.15) is 6.04 Å². The molecule has 2 atom stereocenters. The van der Waals surface area contributed by atoms with Crippen LogP contribution in [0.5, 0.6) is 0 Å². The van der Waals surface area contributed by atoms with Crippen LogP contribution in [-0.2, 0) is 9.53 Å². The Kier molecular flexibility index (Phi) is 3.68. The van der Waals surface area contributed by atoms with Crippen molar-refractivity contribution in [1.29, 1.82) is 0 Å². The van der Waals surface area contributed by atoms with E-state index in [1.807, 2.05) is 13.0 Å². The predicted octanol–water partition coefficient (Wildman–Crippen LogP) is 1.37. The zero-order valence-corrected chi connectivity index (χ0v) is 11.1. The number of carboxylic acids is 1. The molecule has 1 N–H and O–H groups in total. The average molecular weight is 269 g/mol. The summed E-state index contributed by atoms with van der Waals surface area (Å²) < 4.78 is 5.16. The van der Waals surface area contributed by atoms with Crippen LogP contribution < -0.4 is 0 Å². The van der Waals surface area contributed by atoms with Crippen molar-refractivity contribution in [3.8, 4) is 0 Å². The second kappa shape index (κ2) is 5.07. The number of ether oxygens (including phenoxy) is 1. The van der Waals surface area contributed by atoms with Gasteiger partial charge in [-0.1, -0.05) is 0 Å². The van der Waals surface area contributed by atoms with Crippen LogP contribution in [-0.4, -0.2) is 47.7 Å². The van der Waals surface area contributed by atoms with Gasteiger partial charge >= 0.3 is 5.97 Å². The van der Waals surface area contributed by atoms with Gasteiger partial charge in [0, 0.05) is 25.0 Å². The fraction of sp³-hybridized carbons (Fsp3) is 0.500. The van der Waals surface area contributed by atoms with E-state index in [0.717, 1.165) is 4.88 Å². The third-order valence-electron chi connectivity index (χ3n) is 3.09. The topological polar surface area (TPSA) is 66.8 Å². The lowest BCUT2D eigenvalue weighted by atomic mass is 10.2. The Bertz CT molecular complexity index is 470. The SMILES string of the molecule is COC1CC(C(=O)O)N(C(=O)c2ccc(C)s2)C1. The van der Waals surface area contributed by atoms with E-state index < -0.39 is 12.0 Å². The number of carbonyl (C=O) groups excluding carboxylic acids is 1. The summed E-state index contributed by atoms with van der Waals surface area (Å²) in [7, 11) is 1.53. The standard InChI is InChI=1S/C12H15NO4S/c1-7-3-4-10(18-7)11(14)13-6-8(17-2)5-9(13)12(15)16/h3-4,8-9H,5-6H2,1-2H3,(H,15,16). The van der Waals surface area contributed by atoms with Gasteiger partial charge in [-0.25, -0.2) is 4.79 Å². The Labute approximate surface area is 109 Å². The second-order valence-electron chi connectivity index (χ2n) is 4.32. The van der Waals surface area contributed by atoms with Crippen molar-refractivity contribution in [3.05, 3.63) is 21.9 Å². The lowest BCUT2D eigenvalue weighted by Gasteiger charge is -2.20. The number of carbonyl (C=O) groups is 2. The minimum atomic E-state index is -0.976. The lowest BCUT2D eigenvalue weighted by molar-refractivity contribution is -0.141. The van der Waals surface area contributed by atoms with Crippen LogP contribution in [0, 0.1) is 6.92 Å². The van der Waals surface area contributed by atoms with Gasteiger partial charge < -0.3 is 14.7 Å². The van der Waals surface area contributed by atoms with Crippen LogP contribution in [0.1, 0.15) is 21.0 Å². The maximum Gasteiger partial charge on any atom is 0.326 e. The molecule has 98 valence electrons. The number of hydrogen-bond acceptors (Lipinski definition) is 4. The van der Waals surface area contributed by atoms with Gasteiger partial charge in [-0.2, -0.15) is 0 Å².